The molecule has 0 spiro atoms. The molecular weight excluding hydrogens is 366 g/mol. The van der Waals surface area contributed by atoms with Crippen LogP contribution in [-0.2, 0) is 6.42 Å². The average molecular weight is 378 g/mol. The van der Waals surface area contributed by atoms with Gasteiger partial charge in [0, 0.05) is 10.0 Å². The Bertz CT molecular complexity index is 622. The van der Waals surface area contributed by atoms with Crippen molar-refractivity contribution < 1.29 is 4.39 Å². The van der Waals surface area contributed by atoms with E-state index in [2.05, 4.69) is 21.4 Å². The van der Waals surface area contributed by atoms with Crippen LogP contribution in [0.3, 0.4) is 0 Å². The highest BCUT2D eigenvalue weighted by molar-refractivity contribution is 9.10. The van der Waals surface area contributed by atoms with Crippen LogP contribution in [0.2, 0.25) is 10.0 Å². The van der Waals surface area contributed by atoms with Crippen molar-refractivity contribution >= 4 is 39.1 Å². The van der Waals surface area contributed by atoms with Gasteiger partial charge in [-0.3, -0.25) is 11.3 Å². The van der Waals surface area contributed by atoms with Gasteiger partial charge in [0.1, 0.15) is 5.82 Å². The Balaban J connectivity index is 2.31. The molecule has 0 aliphatic rings. The third kappa shape index (κ3) is 3.51. The Morgan fingerprint density at radius 3 is 2.65 bits per heavy atom. The van der Waals surface area contributed by atoms with Crippen molar-refractivity contribution in [1.29, 1.82) is 0 Å². The lowest BCUT2D eigenvalue weighted by Crippen LogP contribution is -2.30. The van der Waals surface area contributed by atoms with Gasteiger partial charge in [-0.1, -0.05) is 41.4 Å². The zero-order chi connectivity index (χ0) is 14.7. The first kappa shape index (κ1) is 15.7. The molecule has 2 aromatic rings. The van der Waals surface area contributed by atoms with E-state index in [0.29, 0.717) is 20.9 Å². The highest BCUT2D eigenvalue weighted by Gasteiger charge is 2.17. The minimum Gasteiger partial charge on any atom is -0.271 e. The molecule has 1 atom stereocenters. The van der Waals surface area contributed by atoms with E-state index in [9.17, 15) is 4.39 Å². The fourth-order valence-corrected chi connectivity index (χ4v) is 2.98. The minimum absolute atomic E-state index is 0.265. The van der Waals surface area contributed by atoms with Crippen molar-refractivity contribution in [2.75, 3.05) is 0 Å². The van der Waals surface area contributed by atoms with E-state index in [1.165, 1.54) is 6.07 Å². The molecule has 0 amide bonds. The zero-order valence-electron chi connectivity index (χ0n) is 10.3. The molecular formula is C14H12BrCl2FN2. The van der Waals surface area contributed by atoms with Crippen molar-refractivity contribution in [3.63, 3.8) is 0 Å². The van der Waals surface area contributed by atoms with Gasteiger partial charge in [0.05, 0.1) is 10.5 Å². The number of hydrogen-bond donors (Lipinski definition) is 2. The van der Waals surface area contributed by atoms with Crippen LogP contribution in [-0.4, -0.2) is 0 Å². The number of benzene rings is 2. The van der Waals surface area contributed by atoms with Gasteiger partial charge in [-0.2, -0.15) is 0 Å². The second kappa shape index (κ2) is 6.87. The maximum absolute atomic E-state index is 13.6. The van der Waals surface area contributed by atoms with Gasteiger partial charge in [0.25, 0.3) is 0 Å². The van der Waals surface area contributed by atoms with Crippen molar-refractivity contribution in [3.8, 4) is 0 Å². The summed E-state index contributed by atoms with van der Waals surface area (Å²) in [7, 11) is 0. The van der Waals surface area contributed by atoms with Gasteiger partial charge >= 0.3 is 0 Å². The summed E-state index contributed by atoms with van der Waals surface area (Å²) >= 11 is 15.3. The van der Waals surface area contributed by atoms with Gasteiger partial charge in [0.2, 0.25) is 0 Å². The van der Waals surface area contributed by atoms with Crippen LogP contribution in [0.4, 0.5) is 4.39 Å². The molecule has 6 heteroatoms. The van der Waals surface area contributed by atoms with Crippen LogP contribution < -0.4 is 11.3 Å². The summed E-state index contributed by atoms with van der Waals surface area (Å²) < 4.78 is 14.0. The van der Waals surface area contributed by atoms with Gasteiger partial charge in [0.15, 0.2) is 0 Å². The predicted molar refractivity (Wildman–Crippen MR) is 84.3 cm³/mol. The summed E-state index contributed by atoms with van der Waals surface area (Å²) in [4.78, 5) is 0. The Morgan fingerprint density at radius 1 is 1.25 bits per heavy atom. The van der Waals surface area contributed by atoms with Crippen LogP contribution in [0, 0.1) is 5.82 Å². The second-order valence-electron chi connectivity index (χ2n) is 4.30. The molecule has 1 unspecified atom stereocenters. The van der Waals surface area contributed by atoms with Crippen LogP contribution in [0.25, 0.3) is 0 Å². The molecule has 3 N–H and O–H groups in total. The smallest absolute Gasteiger partial charge is 0.137 e. The fraction of sp³-hybridized carbons (Fsp3) is 0.143. The molecule has 0 fully saturated rings. The number of hydrogen-bond acceptors (Lipinski definition) is 2. The molecule has 20 heavy (non-hydrogen) atoms. The van der Waals surface area contributed by atoms with E-state index in [1.54, 1.807) is 18.2 Å². The number of nitrogens with two attached hydrogens (primary N) is 1. The van der Waals surface area contributed by atoms with Crippen molar-refractivity contribution in [1.82, 2.24) is 5.43 Å². The van der Waals surface area contributed by atoms with E-state index in [4.69, 9.17) is 29.0 Å². The third-order valence-electron chi connectivity index (χ3n) is 3.00. The Kier molecular flexibility index (Phi) is 5.41. The van der Waals surface area contributed by atoms with Crippen molar-refractivity contribution in [2.45, 2.75) is 12.5 Å². The SMILES string of the molecule is NNC(Cc1ccc(Cl)cc1Cl)c1cccc(F)c1Br. The summed E-state index contributed by atoms with van der Waals surface area (Å²) in [6.07, 6.45) is 0.522. The van der Waals surface area contributed by atoms with Gasteiger partial charge in [-0.05, 0) is 51.7 Å². The quantitative estimate of drug-likeness (QED) is 0.601. The molecule has 0 aliphatic heterocycles. The lowest BCUT2D eigenvalue weighted by atomic mass is 9.99. The van der Waals surface area contributed by atoms with Crippen LogP contribution >= 0.6 is 39.1 Å². The van der Waals surface area contributed by atoms with Crippen LogP contribution in [0.5, 0.6) is 0 Å². The second-order valence-corrected chi connectivity index (χ2v) is 5.94. The average Bonchev–Trinajstić information content (AvgIpc) is 2.42. The Labute approximate surface area is 135 Å². The van der Waals surface area contributed by atoms with Crippen molar-refractivity contribution in [2.24, 2.45) is 5.84 Å². The number of halogens is 4. The Hall–Kier alpha value is -0.650. The summed E-state index contributed by atoms with van der Waals surface area (Å²) in [6, 6.07) is 9.84. The number of nitrogens with one attached hydrogen (secondary N) is 1. The van der Waals surface area contributed by atoms with Gasteiger partial charge in [-0.15, -0.1) is 0 Å². The topological polar surface area (TPSA) is 38.0 Å². The molecule has 0 bridgehead atoms. The van der Waals surface area contributed by atoms with E-state index in [0.717, 1.165) is 11.1 Å². The monoisotopic (exact) mass is 376 g/mol. The molecule has 0 saturated heterocycles. The van der Waals surface area contributed by atoms with E-state index < -0.39 is 0 Å². The zero-order valence-corrected chi connectivity index (χ0v) is 13.4. The normalized spacial score (nSPS) is 12.4. The number of hydrazine groups is 1. The maximum Gasteiger partial charge on any atom is 0.137 e. The first-order valence-corrected chi connectivity index (χ1v) is 7.41. The molecule has 0 heterocycles. The highest BCUT2D eigenvalue weighted by Crippen LogP contribution is 2.30. The molecule has 2 rings (SSSR count). The molecule has 0 saturated carbocycles. The van der Waals surface area contributed by atoms with Gasteiger partial charge < -0.3 is 0 Å². The Morgan fingerprint density at radius 2 is 2.00 bits per heavy atom. The van der Waals surface area contributed by atoms with E-state index in [1.807, 2.05) is 12.1 Å². The summed E-state index contributed by atoms with van der Waals surface area (Å²) in [6.45, 7) is 0. The summed E-state index contributed by atoms with van der Waals surface area (Å²) in [5.74, 6) is 5.26. The van der Waals surface area contributed by atoms with Crippen LogP contribution in [0.15, 0.2) is 40.9 Å². The molecule has 2 nitrogen and oxygen atoms in total. The van der Waals surface area contributed by atoms with E-state index >= 15 is 0 Å². The predicted octanol–water partition coefficient (Wildman–Crippen LogP) is 4.64. The van der Waals surface area contributed by atoms with E-state index in [-0.39, 0.29) is 11.9 Å². The maximum atomic E-state index is 13.6. The minimum atomic E-state index is -0.329. The molecule has 106 valence electrons. The molecule has 0 radical (unpaired) electrons. The lowest BCUT2D eigenvalue weighted by Gasteiger charge is -2.19. The molecule has 0 aliphatic carbocycles. The van der Waals surface area contributed by atoms with Crippen molar-refractivity contribution in [3.05, 3.63) is 67.9 Å². The first-order valence-electron chi connectivity index (χ1n) is 5.87. The highest BCUT2D eigenvalue weighted by atomic mass is 79.9. The summed E-state index contributed by atoms with van der Waals surface area (Å²) in [5.41, 5.74) is 4.31. The largest absolute Gasteiger partial charge is 0.271 e. The van der Waals surface area contributed by atoms with Gasteiger partial charge in [-0.25, -0.2) is 4.39 Å². The lowest BCUT2D eigenvalue weighted by molar-refractivity contribution is 0.540. The fourth-order valence-electron chi connectivity index (χ4n) is 1.96. The molecule has 0 aromatic heterocycles. The molecule has 2 aromatic carbocycles. The third-order valence-corrected chi connectivity index (χ3v) is 4.42. The van der Waals surface area contributed by atoms with Crippen LogP contribution in [0.1, 0.15) is 17.2 Å². The summed E-state index contributed by atoms with van der Waals surface area (Å²) in [5, 5.41) is 1.13. The number of rotatable bonds is 4. The standard InChI is InChI=1S/C14H12BrCl2FN2/c15-14-10(2-1-3-12(14)18)13(20-19)6-8-4-5-9(16)7-11(8)17/h1-5,7,13,20H,6,19H2. The first-order chi connectivity index (χ1) is 9.52.